The summed E-state index contributed by atoms with van der Waals surface area (Å²) in [5.41, 5.74) is 3.74. The van der Waals surface area contributed by atoms with Gasteiger partial charge in [0.15, 0.2) is 0 Å². The molecule has 0 aliphatic carbocycles. The second-order valence-electron chi connectivity index (χ2n) is 4.38. The average molecular weight is 347 g/mol. The molecule has 0 bridgehead atoms. The predicted molar refractivity (Wildman–Crippen MR) is 86.0 cm³/mol. The van der Waals surface area contributed by atoms with Crippen LogP contribution in [0.2, 0.25) is 0 Å². The summed E-state index contributed by atoms with van der Waals surface area (Å²) in [6.07, 6.45) is 1.70. The molecule has 0 amide bonds. The number of hydrogen-bond acceptors (Lipinski definition) is 6. The molecular formula is C14H15BrN6. The number of hydrazine groups is 1. The lowest BCUT2D eigenvalue weighted by molar-refractivity contribution is 0.837. The van der Waals surface area contributed by atoms with Crippen LogP contribution in [0, 0.1) is 11.3 Å². The van der Waals surface area contributed by atoms with Gasteiger partial charge in [-0.1, -0.05) is 22.9 Å². The maximum Gasteiger partial charge on any atom is 0.145 e. The molecule has 4 N–H and O–H groups in total. The Labute approximate surface area is 131 Å². The van der Waals surface area contributed by atoms with E-state index < -0.39 is 0 Å². The highest BCUT2D eigenvalue weighted by Crippen LogP contribution is 2.24. The van der Waals surface area contributed by atoms with Gasteiger partial charge in [0, 0.05) is 17.0 Å². The number of rotatable bonds is 5. The van der Waals surface area contributed by atoms with Gasteiger partial charge in [0.2, 0.25) is 0 Å². The lowest BCUT2D eigenvalue weighted by atomic mass is 10.2. The normalized spacial score (nSPS) is 10.0. The van der Waals surface area contributed by atoms with Crippen molar-refractivity contribution in [1.82, 2.24) is 9.97 Å². The fourth-order valence-electron chi connectivity index (χ4n) is 1.83. The first-order valence-electron chi connectivity index (χ1n) is 6.47. The molecule has 1 aromatic heterocycles. The maximum absolute atomic E-state index is 9.16. The fourth-order valence-corrected chi connectivity index (χ4v) is 2.19. The van der Waals surface area contributed by atoms with Crippen molar-refractivity contribution in [2.45, 2.75) is 19.8 Å². The number of aryl methyl sites for hydroxylation is 1. The minimum atomic E-state index is 0.532. The molecule has 2 rings (SSSR count). The highest BCUT2D eigenvalue weighted by atomic mass is 79.9. The second-order valence-corrected chi connectivity index (χ2v) is 5.29. The number of benzene rings is 1. The molecule has 0 aliphatic rings. The Bertz CT molecular complexity index is 680. The van der Waals surface area contributed by atoms with Gasteiger partial charge >= 0.3 is 0 Å². The summed E-state index contributed by atoms with van der Waals surface area (Å²) in [5, 5.41) is 12.3. The molecule has 21 heavy (non-hydrogen) atoms. The van der Waals surface area contributed by atoms with Crippen molar-refractivity contribution in [1.29, 1.82) is 5.26 Å². The zero-order chi connectivity index (χ0) is 15.2. The van der Waals surface area contributed by atoms with Crippen molar-refractivity contribution in [2.24, 2.45) is 5.84 Å². The highest BCUT2D eigenvalue weighted by molar-refractivity contribution is 9.10. The Morgan fingerprint density at radius 1 is 1.29 bits per heavy atom. The highest BCUT2D eigenvalue weighted by Gasteiger charge is 2.07. The van der Waals surface area contributed by atoms with E-state index in [0.717, 1.165) is 17.3 Å². The van der Waals surface area contributed by atoms with Gasteiger partial charge in [0.05, 0.1) is 11.3 Å². The topological polar surface area (TPSA) is 99.6 Å². The Kier molecular flexibility index (Phi) is 5.09. The van der Waals surface area contributed by atoms with Gasteiger partial charge in [-0.15, -0.1) is 0 Å². The molecule has 0 spiro atoms. The number of nitrogens with two attached hydrogens (primary N) is 1. The Morgan fingerprint density at radius 2 is 2.05 bits per heavy atom. The summed E-state index contributed by atoms with van der Waals surface area (Å²) < 4.78 is 0.879. The molecule has 1 aromatic carbocycles. The van der Waals surface area contributed by atoms with Crippen LogP contribution in [0.15, 0.2) is 28.7 Å². The molecule has 6 nitrogen and oxygen atoms in total. The van der Waals surface area contributed by atoms with E-state index in [1.807, 2.05) is 12.1 Å². The first-order chi connectivity index (χ1) is 10.2. The number of anilines is 3. The third kappa shape index (κ3) is 3.90. The Morgan fingerprint density at radius 3 is 2.71 bits per heavy atom. The SMILES string of the molecule is CCCc1nc(NN)cc(Nc2cc(Br)ccc2C#N)n1. The number of hydrogen-bond donors (Lipinski definition) is 3. The molecule has 0 aliphatic heterocycles. The zero-order valence-corrected chi connectivity index (χ0v) is 13.1. The number of nitrogen functional groups attached to an aromatic ring is 1. The number of nitrogens with one attached hydrogen (secondary N) is 2. The van der Waals surface area contributed by atoms with Crippen LogP contribution in [0.3, 0.4) is 0 Å². The van der Waals surface area contributed by atoms with Crippen molar-refractivity contribution in [2.75, 3.05) is 10.7 Å². The van der Waals surface area contributed by atoms with Gasteiger partial charge < -0.3 is 10.7 Å². The van der Waals surface area contributed by atoms with Crippen LogP contribution >= 0.6 is 15.9 Å². The van der Waals surface area contributed by atoms with Crippen molar-refractivity contribution >= 4 is 33.3 Å². The van der Waals surface area contributed by atoms with Crippen LogP contribution in [0.4, 0.5) is 17.3 Å². The zero-order valence-electron chi connectivity index (χ0n) is 11.5. The van der Waals surface area contributed by atoms with E-state index >= 15 is 0 Å². The van der Waals surface area contributed by atoms with Crippen LogP contribution in [-0.2, 0) is 6.42 Å². The minimum absolute atomic E-state index is 0.532. The number of nitrogens with zero attached hydrogens (tertiary/aromatic N) is 3. The molecule has 7 heteroatoms. The fraction of sp³-hybridized carbons (Fsp3) is 0.214. The smallest absolute Gasteiger partial charge is 0.145 e. The molecule has 108 valence electrons. The van der Waals surface area contributed by atoms with E-state index in [1.165, 1.54) is 0 Å². The molecule has 0 atom stereocenters. The summed E-state index contributed by atoms with van der Waals surface area (Å²) in [4.78, 5) is 8.71. The van der Waals surface area contributed by atoms with E-state index in [1.54, 1.807) is 12.1 Å². The monoisotopic (exact) mass is 346 g/mol. The first kappa shape index (κ1) is 15.2. The van der Waals surface area contributed by atoms with Gasteiger partial charge in [-0.25, -0.2) is 15.8 Å². The first-order valence-corrected chi connectivity index (χ1v) is 7.26. The molecule has 2 aromatic rings. The van der Waals surface area contributed by atoms with Crippen LogP contribution < -0.4 is 16.6 Å². The molecule has 0 saturated heterocycles. The summed E-state index contributed by atoms with van der Waals surface area (Å²) in [6, 6.07) is 9.23. The van der Waals surface area contributed by atoms with Gasteiger partial charge in [-0.05, 0) is 24.6 Å². The van der Waals surface area contributed by atoms with Gasteiger partial charge in [-0.2, -0.15) is 5.26 Å². The Hall–Kier alpha value is -2.17. The molecular weight excluding hydrogens is 332 g/mol. The van der Waals surface area contributed by atoms with Crippen molar-refractivity contribution < 1.29 is 0 Å². The van der Waals surface area contributed by atoms with Crippen molar-refractivity contribution in [3.8, 4) is 6.07 Å². The molecule has 1 heterocycles. The summed E-state index contributed by atoms with van der Waals surface area (Å²) >= 11 is 3.39. The van der Waals surface area contributed by atoms with E-state index in [2.05, 4.69) is 49.6 Å². The molecule has 0 saturated carbocycles. The molecule has 0 radical (unpaired) electrons. The summed E-state index contributed by atoms with van der Waals surface area (Å²) in [7, 11) is 0. The van der Waals surface area contributed by atoms with Gasteiger partial charge in [0.25, 0.3) is 0 Å². The summed E-state index contributed by atoms with van der Waals surface area (Å²) in [6.45, 7) is 2.06. The second kappa shape index (κ2) is 7.02. The average Bonchev–Trinajstić information content (AvgIpc) is 2.47. The number of nitriles is 1. The predicted octanol–water partition coefficient (Wildman–Crippen LogP) is 3.09. The summed E-state index contributed by atoms with van der Waals surface area (Å²) in [5.74, 6) is 7.25. The number of halogens is 1. The largest absolute Gasteiger partial charge is 0.339 e. The molecule has 0 unspecified atom stereocenters. The van der Waals surface area contributed by atoms with E-state index in [4.69, 9.17) is 11.1 Å². The Balaban J connectivity index is 2.37. The van der Waals surface area contributed by atoms with Crippen molar-refractivity contribution in [3.05, 3.63) is 40.1 Å². The van der Waals surface area contributed by atoms with Crippen molar-refractivity contribution in [3.63, 3.8) is 0 Å². The molecule has 0 fully saturated rings. The number of aromatic nitrogens is 2. The van der Waals surface area contributed by atoms with Gasteiger partial charge in [0.1, 0.15) is 23.5 Å². The van der Waals surface area contributed by atoms with Gasteiger partial charge in [-0.3, -0.25) is 0 Å². The quantitative estimate of drug-likeness (QED) is 0.568. The maximum atomic E-state index is 9.16. The van der Waals surface area contributed by atoms with Crippen LogP contribution in [-0.4, -0.2) is 9.97 Å². The third-order valence-corrected chi connectivity index (χ3v) is 3.25. The third-order valence-electron chi connectivity index (χ3n) is 2.76. The minimum Gasteiger partial charge on any atom is -0.339 e. The van der Waals surface area contributed by atoms with E-state index in [-0.39, 0.29) is 0 Å². The van der Waals surface area contributed by atoms with Crippen LogP contribution in [0.5, 0.6) is 0 Å². The van der Waals surface area contributed by atoms with E-state index in [9.17, 15) is 0 Å². The van der Waals surface area contributed by atoms with Crippen LogP contribution in [0.1, 0.15) is 24.7 Å². The van der Waals surface area contributed by atoms with Crippen LogP contribution in [0.25, 0.3) is 0 Å². The standard InChI is InChI=1S/C14H15BrN6/c1-2-3-12-19-13(7-14(20-12)21-17)18-11-6-10(15)5-4-9(11)8-16/h4-7H,2-3,17H2,1H3,(H2,18,19,20,21). The van der Waals surface area contributed by atoms with E-state index in [0.29, 0.717) is 28.7 Å². The lowest BCUT2D eigenvalue weighted by Gasteiger charge is -2.11. The lowest BCUT2D eigenvalue weighted by Crippen LogP contribution is -2.11.